The quantitative estimate of drug-likeness (QED) is 0.668. The molecule has 0 saturated heterocycles. The summed E-state index contributed by atoms with van der Waals surface area (Å²) in [5, 5.41) is 0. The summed E-state index contributed by atoms with van der Waals surface area (Å²) >= 11 is 3.40. The van der Waals surface area contributed by atoms with Crippen molar-refractivity contribution in [1.82, 2.24) is 0 Å². The van der Waals surface area contributed by atoms with Gasteiger partial charge in [-0.15, -0.1) is 0 Å². The monoisotopic (exact) mass is 211 g/mol. The Kier molecular flexibility index (Phi) is 3.30. The van der Waals surface area contributed by atoms with Crippen molar-refractivity contribution in [3.63, 3.8) is 0 Å². The van der Waals surface area contributed by atoms with E-state index >= 15 is 0 Å². The van der Waals surface area contributed by atoms with E-state index in [0.29, 0.717) is 0 Å². The topological polar surface area (TPSA) is 12.4 Å². The van der Waals surface area contributed by atoms with Crippen molar-refractivity contribution in [2.45, 2.75) is 6.92 Å². The van der Waals surface area contributed by atoms with Crippen LogP contribution in [-0.2, 0) is 0 Å². The fourth-order valence-corrected chi connectivity index (χ4v) is 1.32. The zero-order valence-corrected chi connectivity index (χ0v) is 8.01. The second kappa shape index (κ2) is 4.29. The minimum absolute atomic E-state index is 0.815. The average molecular weight is 212 g/mol. The van der Waals surface area contributed by atoms with E-state index in [4.69, 9.17) is 0 Å². The van der Waals surface area contributed by atoms with E-state index in [1.165, 1.54) is 0 Å². The van der Waals surface area contributed by atoms with Gasteiger partial charge in [0.25, 0.3) is 0 Å². The number of rotatable bonds is 2. The van der Waals surface area contributed by atoms with Gasteiger partial charge in [-0.3, -0.25) is 4.99 Å². The van der Waals surface area contributed by atoms with E-state index < -0.39 is 0 Å². The molecule has 0 aliphatic carbocycles. The molecule has 0 radical (unpaired) electrons. The smallest absolute Gasteiger partial charge is 0.107 e. The van der Waals surface area contributed by atoms with Gasteiger partial charge in [-0.2, -0.15) is 0 Å². The van der Waals surface area contributed by atoms with Crippen molar-refractivity contribution in [3.05, 3.63) is 35.9 Å². The van der Waals surface area contributed by atoms with E-state index in [1.807, 2.05) is 37.3 Å². The summed E-state index contributed by atoms with van der Waals surface area (Å²) in [6.45, 7) is 2.83. The van der Waals surface area contributed by atoms with Crippen LogP contribution in [0.25, 0.3) is 0 Å². The predicted octanol–water partition coefficient (Wildman–Crippen LogP) is 2.85. The van der Waals surface area contributed by atoms with Crippen molar-refractivity contribution in [3.8, 4) is 0 Å². The molecule has 2 heteroatoms. The van der Waals surface area contributed by atoms with Crippen LogP contribution in [0.3, 0.4) is 0 Å². The average Bonchev–Trinajstić information content (AvgIpc) is 2.07. The first kappa shape index (κ1) is 8.47. The van der Waals surface area contributed by atoms with Crippen LogP contribution >= 0.6 is 15.9 Å². The number of aliphatic imine (C=N–C) groups is 1. The molecule has 0 fully saturated rings. The van der Waals surface area contributed by atoms with Crippen LogP contribution in [0.5, 0.6) is 0 Å². The highest BCUT2D eigenvalue weighted by Crippen LogP contribution is 2.05. The number of halogens is 1. The molecular weight excluding hydrogens is 202 g/mol. The Labute approximate surface area is 75.3 Å². The maximum Gasteiger partial charge on any atom is 0.107 e. The number of benzene rings is 1. The second-order valence-corrected chi connectivity index (χ2v) is 2.88. The molecule has 1 rings (SSSR count). The van der Waals surface area contributed by atoms with Crippen LogP contribution in [0, 0.1) is 0 Å². The zero-order chi connectivity index (χ0) is 8.10. The molecule has 1 nitrogen and oxygen atoms in total. The summed E-state index contributed by atoms with van der Waals surface area (Å²) in [7, 11) is 0. The summed E-state index contributed by atoms with van der Waals surface area (Å²) < 4.78 is 0.931. The molecule has 0 bridgehead atoms. The van der Waals surface area contributed by atoms with Gasteiger partial charge in [0.05, 0.1) is 0 Å². The highest BCUT2D eigenvalue weighted by Gasteiger charge is 1.94. The molecule has 0 aromatic heterocycles. The Bertz CT molecular complexity index is 241. The molecule has 0 atom stereocenters. The molecule has 0 heterocycles. The van der Waals surface area contributed by atoms with Gasteiger partial charge >= 0.3 is 0 Å². The van der Waals surface area contributed by atoms with Crippen molar-refractivity contribution in [1.29, 1.82) is 0 Å². The summed E-state index contributed by atoms with van der Waals surface area (Å²) in [4.78, 5) is 4.23. The largest absolute Gasteiger partial charge is 0.278 e. The minimum atomic E-state index is 0.815. The van der Waals surface area contributed by atoms with E-state index in [0.717, 1.165) is 16.7 Å². The second-order valence-electron chi connectivity index (χ2n) is 2.13. The number of hydrogen-bond donors (Lipinski definition) is 0. The fourth-order valence-electron chi connectivity index (χ4n) is 0.806. The molecule has 58 valence electrons. The lowest BCUT2D eigenvalue weighted by molar-refractivity contribution is 1.14. The third-order valence-corrected chi connectivity index (χ3v) is 2.02. The normalized spacial score (nSPS) is 11.6. The van der Waals surface area contributed by atoms with Crippen LogP contribution in [0.4, 0.5) is 0 Å². The van der Waals surface area contributed by atoms with E-state index in [-0.39, 0.29) is 0 Å². The maximum atomic E-state index is 4.23. The van der Waals surface area contributed by atoms with Crippen LogP contribution in [-0.4, -0.2) is 11.2 Å². The molecule has 0 spiro atoms. The molecule has 0 aliphatic heterocycles. The summed E-state index contributed by atoms with van der Waals surface area (Å²) in [5.74, 6) is 0. The summed E-state index contributed by atoms with van der Waals surface area (Å²) in [5.41, 5.74) is 1.13. The van der Waals surface area contributed by atoms with Gasteiger partial charge in [-0.05, 0) is 22.9 Å². The molecule has 1 aromatic rings. The molecule has 0 N–H and O–H groups in total. The molecule has 0 aliphatic rings. The van der Waals surface area contributed by atoms with Gasteiger partial charge in [0.1, 0.15) is 4.62 Å². The third-order valence-electron chi connectivity index (χ3n) is 1.31. The molecule has 1 aromatic carbocycles. The molecule has 11 heavy (non-hydrogen) atoms. The molecule has 0 saturated carbocycles. The Morgan fingerprint density at radius 1 is 1.36 bits per heavy atom. The number of hydrogen-bond acceptors (Lipinski definition) is 1. The van der Waals surface area contributed by atoms with Gasteiger partial charge in [-0.1, -0.05) is 30.3 Å². The van der Waals surface area contributed by atoms with Gasteiger partial charge in [0.2, 0.25) is 0 Å². The molecule has 0 unspecified atom stereocenters. The summed E-state index contributed by atoms with van der Waals surface area (Å²) in [6.07, 6.45) is 0. The lowest BCUT2D eigenvalue weighted by atomic mass is 10.2. The molecular formula is C9H10BrN. The standard InChI is InChI=1S/C9H10BrN/c1-2-11-9(10)8-6-4-3-5-7-8/h3-7H,2H2,1H3. The lowest BCUT2D eigenvalue weighted by Crippen LogP contribution is -1.89. The molecule has 0 amide bonds. The first-order valence-electron chi connectivity index (χ1n) is 3.60. The first-order valence-corrected chi connectivity index (χ1v) is 4.39. The highest BCUT2D eigenvalue weighted by molar-refractivity contribution is 9.18. The Hall–Kier alpha value is -0.630. The van der Waals surface area contributed by atoms with Crippen molar-refractivity contribution in [2.75, 3.05) is 6.54 Å². The zero-order valence-electron chi connectivity index (χ0n) is 6.42. The van der Waals surface area contributed by atoms with Gasteiger partial charge < -0.3 is 0 Å². The van der Waals surface area contributed by atoms with Crippen LogP contribution in [0.1, 0.15) is 12.5 Å². The Balaban J connectivity index is 2.85. The van der Waals surface area contributed by atoms with Gasteiger partial charge in [-0.25, -0.2) is 0 Å². The van der Waals surface area contributed by atoms with Gasteiger partial charge in [0, 0.05) is 12.1 Å². The highest BCUT2D eigenvalue weighted by atomic mass is 79.9. The lowest BCUT2D eigenvalue weighted by Gasteiger charge is -1.95. The number of nitrogens with zero attached hydrogens (tertiary/aromatic N) is 1. The van der Waals surface area contributed by atoms with Gasteiger partial charge in [0.15, 0.2) is 0 Å². The minimum Gasteiger partial charge on any atom is -0.278 e. The SMILES string of the molecule is CCN=C(Br)c1ccccc1. The van der Waals surface area contributed by atoms with Crippen molar-refractivity contribution < 1.29 is 0 Å². The van der Waals surface area contributed by atoms with Crippen LogP contribution < -0.4 is 0 Å². The van der Waals surface area contributed by atoms with Crippen molar-refractivity contribution in [2.24, 2.45) is 4.99 Å². The van der Waals surface area contributed by atoms with E-state index in [9.17, 15) is 0 Å². The van der Waals surface area contributed by atoms with Crippen LogP contribution in [0.15, 0.2) is 35.3 Å². The Morgan fingerprint density at radius 2 is 2.00 bits per heavy atom. The predicted molar refractivity (Wildman–Crippen MR) is 52.4 cm³/mol. The van der Waals surface area contributed by atoms with E-state index in [1.54, 1.807) is 0 Å². The first-order chi connectivity index (χ1) is 5.34. The van der Waals surface area contributed by atoms with Crippen molar-refractivity contribution >= 4 is 20.6 Å². The summed E-state index contributed by atoms with van der Waals surface area (Å²) in [6, 6.07) is 10.1. The van der Waals surface area contributed by atoms with Crippen LogP contribution in [0.2, 0.25) is 0 Å². The third kappa shape index (κ3) is 2.46. The fraction of sp³-hybridized carbons (Fsp3) is 0.222. The maximum absolute atomic E-state index is 4.23. The Morgan fingerprint density at radius 3 is 2.55 bits per heavy atom. The van der Waals surface area contributed by atoms with E-state index in [2.05, 4.69) is 20.9 Å².